The third kappa shape index (κ3) is 6.35. The second kappa shape index (κ2) is 13.0. The van der Waals surface area contributed by atoms with Crippen molar-refractivity contribution in [1.82, 2.24) is 0 Å². The predicted octanol–water partition coefficient (Wildman–Crippen LogP) is -4.47. The van der Waals surface area contributed by atoms with Crippen LogP contribution in [0.2, 0.25) is 0 Å². The van der Waals surface area contributed by atoms with Gasteiger partial charge in [0.1, 0.15) is 48.8 Å². The monoisotopic (exact) mass is 523 g/mol. The molecule has 3 fully saturated rings. The van der Waals surface area contributed by atoms with Crippen LogP contribution in [-0.4, -0.2) is 125 Å². The Hall–Kier alpha value is -0.560. The number of hydrogen-bond donors (Lipinski definition) is 9. The molecule has 0 aromatic carbocycles. The fourth-order valence-electron chi connectivity index (χ4n) is 5.00. The standard InChI is InChI=1S/C22H45N5O9/c1-3-4-5-32-18-8(2)33-22(16(30)12(18)26)36-20-10(25)6-9(24)19(17(20)31)35-21-13(27)15(29)14(28)11(7-23)34-21/h8-22,28-31H,3-7,23-27H2,1-2H3/t8-,9+,10-,11-,12-,13-,14-,15-,16-,17+,18-,19-,20+,21-,22-/m1/s1. The Morgan fingerprint density at radius 2 is 1.39 bits per heavy atom. The van der Waals surface area contributed by atoms with E-state index in [1.165, 1.54) is 0 Å². The second-order valence-electron chi connectivity index (χ2n) is 10.1. The molecule has 15 atom stereocenters. The molecule has 0 aromatic rings. The van der Waals surface area contributed by atoms with Gasteiger partial charge in [-0.1, -0.05) is 13.3 Å². The lowest BCUT2D eigenvalue weighted by Crippen LogP contribution is -2.69. The van der Waals surface area contributed by atoms with E-state index in [-0.39, 0.29) is 13.0 Å². The van der Waals surface area contributed by atoms with Crippen molar-refractivity contribution in [3.63, 3.8) is 0 Å². The van der Waals surface area contributed by atoms with E-state index in [0.717, 1.165) is 12.8 Å². The topological polar surface area (TPSA) is 257 Å². The summed E-state index contributed by atoms with van der Waals surface area (Å²) in [6, 6.07) is -3.33. The molecule has 0 spiro atoms. The molecule has 2 aliphatic heterocycles. The SMILES string of the molecule is CCCCO[C@H]1[C@H](N)[C@@H](O)[C@@H](O[C@@H]2[C@@H](O)[C@H](O[C@H]3O[C@H](CN)[C@@H](O)[C@H](O)[C@H]3N)[C@@H](N)C[C@H]2N)O[C@@H]1C. The Balaban J connectivity index is 1.67. The summed E-state index contributed by atoms with van der Waals surface area (Å²) in [6.07, 6.45) is -9.62. The van der Waals surface area contributed by atoms with Gasteiger partial charge in [0.2, 0.25) is 0 Å². The van der Waals surface area contributed by atoms with Gasteiger partial charge in [-0.05, 0) is 19.8 Å². The quantitative estimate of drug-likeness (QED) is 0.129. The second-order valence-corrected chi connectivity index (χ2v) is 10.1. The van der Waals surface area contributed by atoms with E-state index in [4.69, 9.17) is 52.4 Å². The normalized spacial score (nSPS) is 50.2. The first-order valence-electron chi connectivity index (χ1n) is 12.7. The van der Waals surface area contributed by atoms with E-state index < -0.39 is 91.7 Å². The van der Waals surface area contributed by atoms with Crippen molar-refractivity contribution < 1.29 is 44.1 Å². The molecule has 0 bridgehead atoms. The summed E-state index contributed by atoms with van der Waals surface area (Å²) in [4.78, 5) is 0. The molecule has 14 heteroatoms. The third-order valence-electron chi connectivity index (χ3n) is 7.30. The first-order valence-corrected chi connectivity index (χ1v) is 12.7. The minimum absolute atomic E-state index is 0.0841. The average Bonchev–Trinajstić information content (AvgIpc) is 2.84. The van der Waals surface area contributed by atoms with Crippen molar-refractivity contribution in [3.8, 4) is 0 Å². The Bertz CT molecular complexity index is 682. The zero-order valence-corrected chi connectivity index (χ0v) is 20.9. The maximum absolute atomic E-state index is 11.1. The van der Waals surface area contributed by atoms with Crippen molar-refractivity contribution in [2.75, 3.05) is 13.2 Å². The van der Waals surface area contributed by atoms with Crippen LogP contribution in [0.1, 0.15) is 33.1 Å². The number of aliphatic hydroxyl groups excluding tert-OH is 4. The highest BCUT2D eigenvalue weighted by atomic mass is 16.7. The number of hydrogen-bond acceptors (Lipinski definition) is 14. The predicted molar refractivity (Wildman–Crippen MR) is 127 cm³/mol. The van der Waals surface area contributed by atoms with E-state index in [2.05, 4.69) is 0 Å². The molecule has 0 radical (unpaired) electrons. The lowest BCUT2D eigenvalue weighted by atomic mass is 9.84. The van der Waals surface area contributed by atoms with Crippen LogP contribution in [0.25, 0.3) is 0 Å². The molecule has 3 rings (SSSR count). The fraction of sp³-hybridized carbons (Fsp3) is 1.00. The van der Waals surface area contributed by atoms with Crippen LogP contribution in [0.5, 0.6) is 0 Å². The number of rotatable bonds is 9. The molecule has 0 amide bonds. The Morgan fingerprint density at radius 1 is 0.778 bits per heavy atom. The van der Waals surface area contributed by atoms with Gasteiger partial charge < -0.3 is 72.8 Å². The largest absolute Gasteiger partial charge is 0.388 e. The van der Waals surface area contributed by atoms with E-state index >= 15 is 0 Å². The van der Waals surface area contributed by atoms with Crippen LogP contribution in [0, 0.1) is 0 Å². The first kappa shape index (κ1) is 30.0. The van der Waals surface area contributed by atoms with E-state index in [0.29, 0.717) is 6.61 Å². The van der Waals surface area contributed by atoms with Crippen molar-refractivity contribution in [2.45, 2.75) is 125 Å². The highest BCUT2D eigenvalue weighted by Gasteiger charge is 2.51. The van der Waals surface area contributed by atoms with Gasteiger partial charge in [0, 0.05) is 25.2 Å². The molecular formula is C22H45N5O9. The van der Waals surface area contributed by atoms with Crippen molar-refractivity contribution in [3.05, 3.63) is 0 Å². The Labute approximate surface area is 211 Å². The van der Waals surface area contributed by atoms with Crippen LogP contribution in [0.4, 0.5) is 0 Å². The molecule has 0 aromatic heterocycles. The molecule has 0 unspecified atom stereocenters. The smallest absolute Gasteiger partial charge is 0.186 e. The van der Waals surface area contributed by atoms with Crippen LogP contribution in [0.3, 0.4) is 0 Å². The lowest BCUT2D eigenvalue weighted by Gasteiger charge is -2.48. The summed E-state index contributed by atoms with van der Waals surface area (Å²) >= 11 is 0. The number of ether oxygens (including phenoxy) is 5. The summed E-state index contributed by atoms with van der Waals surface area (Å²) in [7, 11) is 0. The van der Waals surface area contributed by atoms with Crippen LogP contribution in [0.15, 0.2) is 0 Å². The van der Waals surface area contributed by atoms with Gasteiger partial charge in [-0.2, -0.15) is 0 Å². The van der Waals surface area contributed by atoms with Gasteiger partial charge in [0.15, 0.2) is 12.6 Å². The maximum atomic E-state index is 11.1. The van der Waals surface area contributed by atoms with Gasteiger partial charge in [0.25, 0.3) is 0 Å². The summed E-state index contributed by atoms with van der Waals surface area (Å²) in [5.41, 5.74) is 30.3. The van der Waals surface area contributed by atoms with E-state index in [1.54, 1.807) is 6.92 Å². The number of unbranched alkanes of at least 4 members (excludes halogenated alkanes) is 1. The number of aliphatic hydroxyl groups is 4. The zero-order valence-electron chi connectivity index (χ0n) is 20.9. The Kier molecular flexibility index (Phi) is 10.8. The van der Waals surface area contributed by atoms with E-state index in [1.807, 2.05) is 6.92 Å². The molecule has 14 nitrogen and oxygen atoms in total. The summed E-state index contributed by atoms with van der Waals surface area (Å²) in [6.45, 7) is 4.22. The molecule has 14 N–H and O–H groups in total. The summed E-state index contributed by atoms with van der Waals surface area (Å²) in [5.74, 6) is 0. The molecule has 212 valence electrons. The van der Waals surface area contributed by atoms with Crippen LogP contribution >= 0.6 is 0 Å². The van der Waals surface area contributed by atoms with Gasteiger partial charge in [-0.3, -0.25) is 0 Å². The highest BCUT2D eigenvalue weighted by Crippen LogP contribution is 2.31. The van der Waals surface area contributed by atoms with Gasteiger partial charge >= 0.3 is 0 Å². The maximum Gasteiger partial charge on any atom is 0.186 e. The van der Waals surface area contributed by atoms with Crippen molar-refractivity contribution >= 4 is 0 Å². The van der Waals surface area contributed by atoms with Crippen molar-refractivity contribution in [2.24, 2.45) is 28.7 Å². The highest BCUT2D eigenvalue weighted by molar-refractivity contribution is 5.01. The number of nitrogens with two attached hydrogens (primary N) is 5. The summed E-state index contributed by atoms with van der Waals surface area (Å²) in [5, 5.41) is 42.3. The van der Waals surface area contributed by atoms with Crippen molar-refractivity contribution in [1.29, 1.82) is 0 Å². The Morgan fingerprint density at radius 3 is 1.97 bits per heavy atom. The molecule has 2 saturated heterocycles. The molecule has 2 heterocycles. The molecule has 1 aliphatic carbocycles. The minimum atomic E-state index is -1.36. The molecule has 3 aliphatic rings. The van der Waals surface area contributed by atoms with Gasteiger partial charge in [-0.25, -0.2) is 0 Å². The average molecular weight is 524 g/mol. The molecule has 36 heavy (non-hydrogen) atoms. The summed E-state index contributed by atoms with van der Waals surface area (Å²) < 4.78 is 29.1. The van der Waals surface area contributed by atoms with Gasteiger partial charge in [0.05, 0.1) is 18.2 Å². The van der Waals surface area contributed by atoms with Gasteiger partial charge in [-0.15, -0.1) is 0 Å². The zero-order chi connectivity index (χ0) is 26.7. The third-order valence-corrected chi connectivity index (χ3v) is 7.30. The molecule has 1 saturated carbocycles. The lowest BCUT2D eigenvalue weighted by molar-refractivity contribution is -0.317. The minimum Gasteiger partial charge on any atom is -0.388 e. The first-order chi connectivity index (χ1) is 17.0. The fourth-order valence-corrected chi connectivity index (χ4v) is 5.00. The van der Waals surface area contributed by atoms with E-state index in [9.17, 15) is 20.4 Å². The van der Waals surface area contributed by atoms with Crippen LogP contribution < -0.4 is 28.7 Å². The van der Waals surface area contributed by atoms with Crippen LogP contribution in [-0.2, 0) is 23.7 Å². The molecular weight excluding hydrogens is 478 g/mol.